The minimum Gasteiger partial charge on any atom is -0.471 e. The number of nitrogens with zero attached hydrogens (tertiary/aromatic N) is 2. The van der Waals surface area contributed by atoms with Crippen molar-refractivity contribution in [3.63, 3.8) is 0 Å². The van der Waals surface area contributed by atoms with Gasteiger partial charge >= 0.3 is 0 Å². The Balaban J connectivity index is 1.90. The molecule has 0 unspecified atom stereocenters. The molecular weight excluding hydrogens is 282 g/mol. The number of benzene rings is 1. The van der Waals surface area contributed by atoms with Crippen LogP contribution in [0.25, 0.3) is 0 Å². The first-order valence-corrected chi connectivity index (χ1v) is 7.10. The smallest absolute Gasteiger partial charge is 0.271 e. The molecule has 6 nitrogen and oxygen atoms in total. The number of nitrogens with one attached hydrogen (secondary N) is 1. The van der Waals surface area contributed by atoms with Crippen LogP contribution in [-0.2, 0) is 11.5 Å². The van der Waals surface area contributed by atoms with E-state index in [0.717, 1.165) is 16.9 Å². The van der Waals surface area contributed by atoms with E-state index in [0.29, 0.717) is 18.8 Å². The molecule has 1 aromatic heterocycles. The molecule has 0 aliphatic carbocycles. The van der Waals surface area contributed by atoms with Crippen LogP contribution in [0.3, 0.4) is 0 Å². The van der Waals surface area contributed by atoms with Gasteiger partial charge in [-0.1, -0.05) is 6.07 Å². The Labute approximate surface area is 130 Å². The normalized spacial score (nSPS) is 10.5. The van der Waals surface area contributed by atoms with E-state index in [2.05, 4.69) is 16.5 Å². The van der Waals surface area contributed by atoms with Crippen molar-refractivity contribution < 1.29 is 14.3 Å². The van der Waals surface area contributed by atoms with Crippen LogP contribution in [0.1, 0.15) is 21.6 Å². The number of carbonyl (C=O) groups excluding carboxylic acids is 1. The lowest BCUT2D eigenvalue weighted by Gasteiger charge is -2.08. The molecule has 1 heterocycles. The van der Waals surface area contributed by atoms with Crippen LogP contribution in [0.2, 0.25) is 0 Å². The number of amides is 1. The van der Waals surface area contributed by atoms with Gasteiger partial charge in [-0.25, -0.2) is 4.68 Å². The van der Waals surface area contributed by atoms with Crippen molar-refractivity contribution in [1.82, 2.24) is 15.1 Å². The zero-order chi connectivity index (χ0) is 15.9. The molecule has 2 aromatic rings. The summed E-state index contributed by atoms with van der Waals surface area (Å²) in [4.78, 5) is 11.8. The Morgan fingerprint density at radius 3 is 2.68 bits per heavy atom. The lowest BCUT2D eigenvalue weighted by Crippen LogP contribution is -2.27. The number of aromatic nitrogens is 2. The van der Waals surface area contributed by atoms with Crippen LogP contribution in [0, 0.1) is 13.8 Å². The SMILES string of the molecule is COCCNC(=O)c1ccn(COc2cc(C)cc(C)c2)n1. The molecule has 118 valence electrons. The first kappa shape index (κ1) is 16.0. The number of aryl methyl sites for hydroxylation is 2. The van der Waals surface area contributed by atoms with Crippen LogP contribution in [0.5, 0.6) is 5.75 Å². The third kappa shape index (κ3) is 4.60. The van der Waals surface area contributed by atoms with Gasteiger partial charge in [0.1, 0.15) is 11.4 Å². The van der Waals surface area contributed by atoms with E-state index in [-0.39, 0.29) is 12.6 Å². The third-order valence-corrected chi connectivity index (χ3v) is 3.02. The van der Waals surface area contributed by atoms with Crippen molar-refractivity contribution in [1.29, 1.82) is 0 Å². The van der Waals surface area contributed by atoms with Gasteiger partial charge in [-0.3, -0.25) is 4.79 Å². The molecule has 0 radical (unpaired) electrons. The highest BCUT2D eigenvalue weighted by molar-refractivity contribution is 5.92. The Morgan fingerprint density at radius 1 is 1.27 bits per heavy atom. The van der Waals surface area contributed by atoms with Gasteiger partial charge in [0.2, 0.25) is 0 Å². The third-order valence-electron chi connectivity index (χ3n) is 3.02. The van der Waals surface area contributed by atoms with E-state index in [4.69, 9.17) is 9.47 Å². The summed E-state index contributed by atoms with van der Waals surface area (Å²) >= 11 is 0. The zero-order valence-corrected chi connectivity index (χ0v) is 13.1. The Hall–Kier alpha value is -2.34. The van der Waals surface area contributed by atoms with Crippen molar-refractivity contribution in [2.75, 3.05) is 20.3 Å². The monoisotopic (exact) mass is 303 g/mol. The summed E-state index contributed by atoms with van der Waals surface area (Å²) in [5.74, 6) is 0.571. The predicted molar refractivity (Wildman–Crippen MR) is 83.0 cm³/mol. The lowest BCUT2D eigenvalue weighted by atomic mass is 10.1. The molecule has 1 amide bonds. The van der Waals surface area contributed by atoms with Crippen LogP contribution in [-0.4, -0.2) is 35.9 Å². The molecule has 0 spiro atoms. The summed E-state index contributed by atoms with van der Waals surface area (Å²) in [5.41, 5.74) is 2.66. The highest BCUT2D eigenvalue weighted by Crippen LogP contribution is 2.16. The van der Waals surface area contributed by atoms with Gasteiger partial charge in [0.15, 0.2) is 6.73 Å². The summed E-state index contributed by atoms with van der Waals surface area (Å²) < 4.78 is 12.2. The van der Waals surface area contributed by atoms with Gasteiger partial charge in [-0.2, -0.15) is 5.10 Å². The van der Waals surface area contributed by atoms with Crippen LogP contribution >= 0.6 is 0 Å². The fourth-order valence-electron chi connectivity index (χ4n) is 2.07. The van der Waals surface area contributed by atoms with Crippen LogP contribution < -0.4 is 10.1 Å². The van der Waals surface area contributed by atoms with E-state index >= 15 is 0 Å². The Bertz CT molecular complexity index is 617. The molecule has 22 heavy (non-hydrogen) atoms. The standard InChI is InChI=1S/C16H21N3O3/c1-12-8-13(2)10-14(9-12)22-11-19-6-4-15(18-19)16(20)17-5-7-21-3/h4,6,8-10H,5,7,11H2,1-3H3,(H,17,20). The van der Waals surface area contributed by atoms with Crippen molar-refractivity contribution in [2.24, 2.45) is 0 Å². The number of ether oxygens (including phenoxy) is 2. The quantitative estimate of drug-likeness (QED) is 0.794. The Kier molecular flexibility index (Phi) is 5.55. The summed E-state index contributed by atoms with van der Waals surface area (Å²) in [6.07, 6.45) is 1.72. The van der Waals surface area contributed by atoms with Gasteiger partial charge in [-0.15, -0.1) is 0 Å². The maximum atomic E-state index is 11.8. The minimum atomic E-state index is -0.220. The highest BCUT2D eigenvalue weighted by Gasteiger charge is 2.08. The van der Waals surface area contributed by atoms with E-state index in [1.807, 2.05) is 26.0 Å². The van der Waals surface area contributed by atoms with E-state index in [1.165, 1.54) is 0 Å². The average Bonchev–Trinajstić information content (AvgIpc) is 2.93. The largest absolute Gasteiger partial charge is 0.471 e. The number of hydrogen-bond donors (Lipinski definition) is 1. The molecule has 0 atom stereocenters. The maximum Gasteiger partial charge on any atom is 0.271 e. The molecule has 1 aromatic carbocycles. The second-order valence-corrected chi connectivity index (χ2v) is 5.09. The second-order valence-electron chi connectivity index (χ2n) is 5.09. The van der Waals surface area contributed by atoms with Gasteiger partial charge in [0.05, 0.1) is 6.61 Å². The average molecular weight is 303 g/mol. The molecule has 2 rings (SSSR count). The minimum absolute atomic E-state index is 0.220. The molecule has 0 aliphatic heterocycles. The summed E-state index contributed by atoms with van der Waals surface area (Å²) in [7, 11) is 1.59. The number of methoxy groups -OCH3 is 1. The van der Waals surface area contributed by atoms with E-state index in [1.54, 1.807) is 24.1 Å². The van der Waals surface area contributed by atoms with Crippen molar-refractivity contribution in [3.05, 3.63) is 47.3 Å². The highest BCUT2D eigenvalue weighted by atomic mass is 16.5. The fraction of sp³-hybridized carbons (Fsp3) is 0.375. The predicted octanol–water partition coefficient (Wildman–Crippen LogP) is 1.91. The van der Waals surface area contributed by atoms with Gasteiger partial charge in [0, 0.05) is 19.9 Å². The first-order valence-electron chi connectivity index (χ1n) is 7.10. The maximum absolute atomic E-state index is 11.8. The topological polar surface area (TPSA) is 65.4 Å². The van der Waals surface area contributed by atoms with E-state index < -0.39 is 0 Å². The van der Waals surface area contributed by atoms with Gasteiger partial charge < -0.3 is 14.8 Å². The molecule has 0 saturated heterocycles. The van der Waals surface area contributed by atoms with Crippen molar-refractivity contribution >= 4 is 5.91 Å². The summed E-state index contributed by atoms with van der Waals surface area (Å²) in [6, 6.07) is 7.68. The summed E-state index contributed by atoms with van der Waals surface area (Å²) in [5, 5.41) is 6.91. The molecule has 0 saturated carbocycles. The Morgan fingerprint density at radius 2 is 2.00 bits per heavy atom. The van der Waals surface area contributed by atoms with Crippen molar-refractivity contribution in [3.8, 4) is 5.75 Å². The molecule has 0 aliphatic rings. The molecular formula is C16H21N3O3. The fourth-order valence-corrected chi connectivity index (χ4v) is 2.07. The second kappa shape index (κ2) is 7.61. The van der Waals surface area contributed by atoms with Gasteiger partial charge in [-0.05, 0) is 43.2 Å². The van der Waals surface area contributed by atoms with Crippen molar-refractivity contribution in [2.45, 2.75) is 20.6 Å². The molecule has 1 N–H and O–H groups in total. The number of rotatable bonds is 7. The molecule has 0 fully saturated rings. The first-order chi connectivity index (χ1) is 10.6. The molecule has 0 bridgehead atoms. The zero-order valence-electron chi connectivity index (χ0n) is 13.1. The molecule has 6 heteroatoms. The van der Waals surface area contributed by atoms with Crippen LogP contribution in [0.4, 0.5) is 0 Å². The number of hydrogen-bond acceptors (Lipinski definition) is 4. The van der Waals surface area contributed by atoms with Gasteiger partial charge in [0.25, 0.3) is 5.91 Å². The van der Waals surface area contributed by atoms with E-state index in [9.17, 15) is 4.79 Å². The lowest BCUT2D eigenvalue weighted by molar-refractivity contribution is 0.0930. The van der Waals surface area contributed by atoms with Crippen LogP contribution in [0.15, 0.2) is 30.5 Å². The number of carbonyl (C=O) groups is 1. The summed E-state index contributed by atoms with van der Waals surface area (Å²) in [6.45, 7) is 5.24.